The van der Waals surface area contributed by atoms with E-state index < -0.39 is 29.6 Å². The van der Waals surface area contributed by atoms with Crippen LogP contribution in [-0.4, -0.2) is 27.6 Å². The van der Waals surface area contributed by atoms with Gasteiger partial charge in [0.2, 0.25) is 11.6 Å². The number of alkyl halides is 3. The van der Waals surface area contributed by atoms with E-state index in [9.17, 15) is 27.6 Å². The lowest BCUT2D eigenvalue weighted by Crippen LogP contribution is -2.29. The Morgan fingerprint density at radius 3 is 2.24 bits per heavy atom. The Balaban J connectivity index is 1.81. The van der Waals surface area contributed by atoms with Crippen molar-refractivity contribution in [3.8, 4) is 11.1 Å². The molecule has 25 heavy (non-hydrogen) atoms. The van der Waals surface area contributed by atoms with Crippen LogP contribution >= 0.6 is 0 Å². The standard InChI is InChI=1S/C16H6F3N3O3/c17-16(18,19)15-20-6-10-8-2-1-7(22-11(23)3-4-12(22)24)5-9(8)14(25)13(10)21-15/h1-6H. The first kappa shape index (κ1) is 15.2. The molecule has 124 valence electrons. The Morgan fingerprint density at radius 2 is 1.60 bits per heavy atom. The van der Waals surface area contributed by atoms with E-state index in [4.69, 9.17) is 0 Å². The number of amides is 2. The number of imide groups is 1. The van der Waals surface area contributed by atoms with E-state index in [-0.39, 0.29) is 22.5 Å². The lowest BCUT2D eigenvalue weighted by molar-refractivity contribution is -0.145. The average molecular weight is 345 g/mol. The molecule has 4 rings (SSSR count). The minimum Gasteiger partial charge on any atom is -0.287 e. The van der Waals surface area contributed by atoms with Gasteiger partial charge in [0.15, 0.2) is 0 Å². The van der Waals surface area contributed by atoms with Crippen LogP contribution in [0.2, 0.25) is 0 Å². The number of aromatic nitrogens is 2. The molecule has 2 heterocycles. The summed E-state index contributed by atoms with van der Waals surface area (Å²) >= 11 is 0. The second-order valence-corrected chi connectivity index (χ2v) is 5.36. The summed E-state index contributed by atoms with van der Waals surface area (Å²) in [4.78, 5) is 43.3. The molecule has 0 unspecified atom stereocenters. The second-order valence-electron chi connectivity index (χ2n) is 5.36. The summed E-state index contributed by atoms with van der Waals surface area (Å²) < 4.78 is 38.2. The van der Waals surface area contributed by atoms with Gasteiger partial charge in [0.25, 0.3) is 11.8 Å². The largest absolute Gasteiger partial charge is 0.451 e. The summed E-state index contributed by atoms with van der Waals surface area (Å²) in [7, 11) is 0. The van der Waals surface area contributed by atoms with Crippen LogP contribution in [0.3, 0.4) is 0 Å². The van der Waals surface area contributed by atoms with Gasteiger partial charge in [-0.15, -0.1) is 0 Å². The van der Waals surface area contributed by atoms with Crippen molar-refractivity contribution < 1.29 is 27.6 Å². The van der Waals surface area contributed by atoms with E-state index in [1.807, 2.05) is 0 Å². The molecule has 0 atom stereocenters. The topological polar surface area (TPSA) is 80.2 Å². The molecule has 2 aliphatic rings. The highest BCUT2D eigenvalue weighted by Gasteiger charge is 2.38. The number of benzene rings is 1. The Labute approximate surface area is 137 Å². The molecule has 2 amide bonds. The van der Waals surface area contributed by atoms with Crippen molar-refractivity contribution in [3.05, 3.63) is 53.6 Å². The van der Waals surface area contributed by atoms with Gasteiger partial charge in [0.05, 0.1) is 5.69 Å². The molecule has 1 aliphatic heterocycles. The summed E-state index contributed by atoms with van der Waals surface area (Å²) in [5.41, 5.74) is 0.394. The minimum atomic E-state index is -4.77. The van der Waals surface area contributed by atoms with Crippen LogP contribution < -0.4 is 4.90 Å². The lowest BCUT2D eigenvalue weighted by atomic mass is 10.1. The molecule has 0 bridgehead atoms. The van der Waals surface area contributed by atoms with Gasteiger partial charge in [0, 0.05) is 29.5 Å². The highest BCUT2D eigenvalue weighted by Crippen LogP contribution is 2.39. The first-order valence-corrected chi connectivity index (χ1v) is 6.97. The van der Waals surface area contributed by atoms with E-state index >= 15 is 0 Å². The summed E-state index contributed by atoms with van der Waals surface area (Å²) in [5, 5.41) is 0. The molecule has 0 spiro atoms. The molecule has 1 aromatic heterocycles. The summed E-state index contributed by atoms with van der Waals surface area (Å²) in [6.07, 6.45) is -1.64. The fourth-order valence-electron chi connectivity index (χ4n) is 2.76. The molecule has 1 aliphatic carbocycles. The monoisotopic (exact) mass is 345 g/mol. The van der Waals surface area contributed by atoms with Crippen molar-refractivity contribution in [2.24, 2.45) is 0 Å². The number of hydrogen-bond donors (Lipinski definition) is 0. The van der Waals surface area contributed by atoms with Gasteiger partial charge < -0.3 is 0 Å². The molecule has 0 radical (unpaired) electrons. The van der Waals surface area contributed by atoms with Crippen molar-refractivity contribution in [1.29, 1.82) is 0 Å². The maximum atomic E-state index is 12.7. The number of halogens is 3. The summed E-state index contributed by atoms with van der Waals surface area (Å²) in [6.45, 7) is 0. The van der Waals surface area contributed by atoms with E-state index in [0.717, 1.165) is 23.2 Å². The second kappa shape index (κ2) is 4.82. The van der Waals surface area contributed by atoms with E-state index in [2.05, 4.69) is 9.97 Å². The maximum absolute atomic E-state index is 12.7. The van der Waals surface area contributed by atoms with E-state index in [0.29, 0.717) is 5.56 Å². The van der Waals surface area contributed by atoms with E-state index in [1.54, 1.807) is 0 Å². The maximum Gasteiger partial charge on any atom is 0.451 e. The van der Waals surface area contributed by atoms with Gasteiger partial charge in [-0.2, -0.15) is 13.2 Å². The van der Waals surface area contributed by atoms with Gasteiger partial charge >= 0.3 is 6.18 Å². The van der Waals surface area contributed by atoms with Gasteiger partial charge in [-0.3, -0.25) is 14.4 Å². The van der Waals surface area contributed by atoms with Gasteiger partial charge in [-0.1, -0.05) is 6.07 Å². The number of rotatable bonds is 1. The molecule has 9 heteroatoms. The predicted octanol–water partition coefficient (Wildman–Crippen LogP) is 2.14. The van der Waals surface area contributed by atoms with Crippen LogP contribution in [0.4, 0.5) is 18.9 Å². The average Bonchev–Trinajstić information content (AvgIpc) is 3.04. The molecule has 0 saturated heterocycles. The molecular formula is C16H6F3N3O3. The number of anilines is 1. The Bertz CT molecular complexity index is 993. The molecular weight excluding hydrogens is 339 g/mol. The summed E-state index contributed by atoms with van der Waals surface area (Å²) in [5.74, 6) is -3.24. The number of carbonyl (C=O) groups is 3. The van der Waals surface area contributed by atoms with Crippen molar-refractivity contribution in [2.45, 2.75) is 6.18 Å². The third-order valence-electron chi connectivity index (χ3n) is 3.86. The first-order valence-electron chi connectivity index (χ1n) is 6.97. The van der Waals surface area contributed by atoms with Gasteiger partial charge in [0.1, 0.15) is 5.69 Å². The lowest BCUT2D eigenvalue weighted by Gasteiger charge is -2.14. The number of ketones is 1. The molecule has 0 N–H and O–H groups in total. The SMILES string of the molecule is O=C1c2cc(N3C(=O)C=CC3=O)ccc2-c2cnc(C(F)(F)F)nc21. The third kappa shape index (κ3) is 2.16. The highest BCUT2D eigenvalue weighted by atomic mass is 19.4. The van der Waals surface area contributed by atoms with Crippen LogP contribution in [0.25, 0.3) is 11.1 Å². The van der Waals surface area contributed by atoms with Gasteiger partial charge in [-0.05, 0) is 17.7 Å². The molecule has 6 nitrogen and oxygen atoms in total. The van der Waals surface area contributed by atoms with Crippen LogP contribution in [0, 0.1) is 0 Å². The zero-order valence-electron chi connectivity index (χ0n) is 12.2. The normalized spacial score (nSPS) is 15.8. The molecule has 0 saturated carbocycles. The molecule has 2 aromatic rings. The number of carbonyl (C=O) groups excluding carboxylic acids is 3. The van der Waals surface area contributed by atoms with Crippen molar-refractivity contribution in [1.82, 2.24) is 9.97 Å². The number of fused-ring (bicyclic) bond motifs is 3. The van der Waals surface area contributed by atoms with Crippen molar-refractivity contribution in [2.75, 3.05) is 4.90 Å². The van der Waals surface area contributed by atoms with Crippen LogP contribution in [0.15, 0.2) is 36.5 Å². The molecule has 0 fully saturated rings. The van der Waals surface area contributed by atoms with Crippen LogP contribution in [0.1, 0.15) is 21.9 Å². The number of hydrogen-bond acceptors (Lipinski definition) is 5. The van der Waals surface area contributed by atoms with Crippen LogP contribution in [0.5, 0.6) is 0 Å². The summed E-state index contributed by atoms with van der Waals surface area (Å²) in [6, 6.07) is 4.17. The Morgan fingerprint density at radius 1 is 0.920 bits per heavy atom. The molecule has 1 aromatic carbocycles. The minimum absolute atomic E-state index is 0.0635. The third-order valence-corrected chi connectivity index (χ3v) is 3.86. The Hall–Kier alpha value is -3.36. The highest BCUT2D eigenvalue weighted by molar-refractivity contribution is 6.29. The first-order chi connectivity index (χ1) is 11.8. The Kier molecular flexibility index (Phi) is 2.93. The smallest absolute Gasteiger partial charge is 0.287 e. The fraction of sp³-hybridized carbons (Fsp3) is 0.0625. The predicted molar refractivity (Wildman–Crippen MR) is 77.5 cm³/mol. The number of nitrogens with zero attached hydrogens (tertiary/aromatic N) is 3. The quantitative estimate of drug-likeness (QED) is 0.631. The van der Waals surface area contributed by atoms with Crippen molar-refractivity contribution in [3.63, 3.8) is 0 Å². The van der Waals surface area contributed by atoms with Crippen molar-refractivity contribution >= 4 is 23.3 Å². The zero-order chi connectivity index (χ0) is 17.9. The van der Waals surface area contributed by atoms with E-state index in [1.165, 1.54) is 18.2 Å². The fourth-order valence-corrected chi connectivity index (χ4v) is 2.76. The van der Waals surface area contributed by atoms with Gasteiger partial charge in [-0.25, -0.2) is 14.9 Å². The zero-order valence-corrected chi connectivity index (χ0v) is 12.2. The van der Waals surface area contributed by atoms with Crippen LogP contribution in [-0.2, 0) is 15.8 Å².